The van der Waals surface area contributed by atoms with Crippen molar-refractivity contribution in [2.24, 2.45) is 0 Å². The summed E-state index contributed by atoms with van der Waals surface area (Å²) in [5.41, 5.74) is 0.711. The van der Waals surface area contributed by atoms with Gasteiger partial charge in [0.05, 0.1) is 17.8 Å². The third-order valence-corrected chi connectivity index (χ3v) is 3.85. The van der Waals surface area contributed by atoms with E-state index in [0.717, 1.165) is 5.56 Å². The normalized spacial score (nSPS) is 10.2. The van der Waals surface area contributed by atoms with Crippen LogP contribution in [0.3, 0.4) is 0 Å². The van der Waals surface area contributed by atoms with E-state index in [4.69, 9.17) is 4.74 Å². The molecule has 1 amide bonds. The first-order chi connectivity index (χ1) is 13.0. The van der Waals surface area contributed by atoms with Crippen molar-refractivity contribution in [3.8, 4) is 11.5 Å². The van der Waals surface area contributed by atoms with Gasteiger partial charge >= 0.3 is 12.1 Å². The molecule has 0 saturated heterocycles. The zero-order chi connectivity index (χ0) is 19.2. The van der Waals surface area contributed by atoms with Crippen molar-refractivity contribution in [1.82, 2.24) is 0 Å². The fourth-order valence-corrected chi connectivity index (χ4v) is 2.58. The van der Waals surface area contributed by atoms with Crippen molar-refractivity contribution < 1.29 is 24.5 Å². The molecule has 3 aromatic rings. The van der Waals surface area contributed by atoms with Gasteiger partial charge in [-0.1, -0.05) is 48.5 Å². The van der Waals surface area contributed by atoms with E-state index >= 15 is 0 Å². The highest BCUT2D eigenvalue weighted by Gasteiger charge is 2.24. The Balaban J connectivity index is 2.01. The number of carboxylic acids is 1. The zero-order valence-corrected chi connectivity index (χ0v) is 14.3. The number of nitrogens with zero attached hydrogens (tertiary/aromatic N) is 1. The fourth-order valence-electron chi connectivity index (χ4n) is 2.58. The van der Waals surface area contributed by atoms with Gasteiger partial charge < -0.3 is 14.9 Å². The summed E-state index contributed by atoms with van der Waals surface area (Å²) in [6, 6.07) is 21.3. The monoisotopic (exact) mass is 363 g/mol. The van der Waals surface area contributed by atoms with Crippen LogP contribution in [0.4, 0.5) is 10.5 Å². The summed E-state index contributed by atoms with van der Waals surface area (Å²) < 4.78 is 5.39. The zero-order valence-electron chi connectivity index (χ0n) is 14.3. The summed E-state index contributed by atoms with van der Waals surface area (Å²) in [6.07, 6.45) is -0.752. The molecule has 6 heteroatoms. The van der Waals surface area contributed by atoms with E-state index in [2.05, 4.69) is 0 Å². The molecule has 0 heterocycles. The Bertz CT molecular complexity index is 941. The number of carboxylic acid groups (broad SMARTS) is 1. The predicted molar refractivity (Wildman–Crippen MR) is 100 cm³/mol. The van der Waals surface area contributed by atoms with E-state index in [1.807, 2.05) is 30.3 Å². The molecule has 3 rings (SSSR count). The number of ether oxygens (including phenoxy) is 1. The number of hydrogen-bond acceptors (Lipinski definition) is 4. The van der Waals surface area contributed by atoms with Crippen molar-refractivity contribution in [2.45, 2.75) is 6.54 Å². The first-order valence-electron chi connectivity index (χ1n) is 8.19. The summed E-state index contributed by atoms with van der Waals surface area (Å²) >= 11 is 0. The van der Waals surface area contributed by atoms with E-state index in [0.29, 0.717) is 5.75 Å². The Morgan fingerprint density at radius 1 is 0.889 bits per heavy atom. The maximum atomic E-state index is 12.8. The average molecular weight is 363 g/mol. The van der Waals surface area contributed by atoms with Crippen LogP contribution in [-0.2, 0) is 6.54 Å². The third-order valence-electron chi connectivity index (χ3n) is 3.85. The smallest absolute Gasteiger partial charge is 0.420 e. The lowest BCUT2D eigenvalue weighted by atomic mass is 10.1. The van der Waals surface area contributed by atoms with Gasteiger partial charge in [0, 0.05) is 6.07 Å². The average Bonchev–Trinajstić information content (AvgIpc) is 2.67. The summed E-state index contributed by atoms with van der Waals surface area (Å²) in [4.78, 5) is 25.6. The number of amides is 1. The van der Waals surface area contributed by atoms with Gasteiger partial charge in [0.25, 0.3) is 0 Å². The number of aromatic carboxylic acids is 1. The second kappa shape index (κ2) is 8.05. The molecule has 0 bridgehead atoms. The van der Waals surface area contributed by atoms with E-state index in [9.17, 15) is 19.8 Å². The van der Waals surface area contributed by atoms with Crippen LogP contribution in [0.25, 0.3) is 0 Å². The number of para-hydroxylation sites is 1. The molecule has 3 aromatic carbocycles. The van der Waals surface area contributed by atoms with Gasteiger partial charge in [-0.3, -0.25) is 4.90 Å². The Hall–Kier alpha value is -3.80. The maximum absolute atomic E-state index is 12.8. The molecule has 2 N–H and O–H groups in total. The van der Waals surface area contributed by atoms with Crippen LogP contribution in [-0.4, -0.2) is 22.3 Å². The number of benzene rings is 3. The number of carbonyl (C=O) groups excluding carboxylic acids is 1. The highest BCUT2D eigenvalue weighted by Crippen LogP contribution is 2.28. The quantitative estimate of drug-likeness (QED) is 0.706. The molecule has 0 aromatic heterocycles. The minimum atomic E-state index is -1.21. The number of hydrogen-bond donors (Lipinski definition) is 2. The summed E-state index contributed by atoms with van der Waals surface area (Å²) in [5.74, 6) is -1.03. The van der Waals surface area contributed by atoms with E-state index < -0.39 is 12.1 Å². The second-order valence-electron chi connectivity index (χ2n) is 5.76. The van der Waals surface area contributed by atoms with Crippen molar-refractivity contribution >= 4 is 17.7 Å². The molecule has 0 unspecified atom stereocenters. The molecule has 0 aliphatic rings. The lowest BCUT2D eigenvalue weighted by Gasteiger charge is -2.24. The molecule has 0 spiro atoms. The van der Waals surface area contributed by atoms with Crippen molar-refractivity contribution in [3.63, 3.8) is 0 Å². The lowest BCUT2D eigenvalue weighted by Crippen LogP contribution is -2.34. The number of aromatic hydroxyl groups is 1. The van der Waals surface area contributed by atoms with Gasteiger partial charge in [-0.05, 0) is 29.8 Å². The minimum absolute atomic E-state index is 0.0484. The van der Waals surface area contributed by atoms with Gasteiger partial charge in [0.2, 0.25) is 0 Å². The van der Waals surface area contributed by atoms with Gasteiger partial charge in [-0.15, -0.1) is 0 Å². The first-order valence-corrected chi connectivity index (χ1v) is 8.19. The second-order valence-corrected chi connectivity index (χ2v) is 5.76. The van der Waals surface area contributed by atoms with Crippen LogP contribution < -0.4 is 9.64 Å². The molecule has 136 valence electrons. The van der Waals surface area contributed by atoms with E-state index in [1.165, 1.54) is 23.1 Å². The highest BCUT2D eigenvalue weighted by atomic mass is 16.6. The third kappa shape index (κ3) is 4.43. The van der Waals surface area contributed by atoms with Gasteiger partial charge in [0.15, 0.2) is 0 Å². The van der Waals surface area contributed by atoms with Crippen LogP contribution in [0.15, 0.2) is 78.9 Å². The van der Waals surface area contributed by atoms with Gasteiger partial charge in [0.1, 0.15) is 11.5 Å². The van der Waals surface area contributed by atoms with E-state index in [1.54, 1.807) is 30.3 Å². The summed E-state index contributed by atoms with van der Waals surface area (Å²) in [6.45, 7) is 0.0796. The molecule has 27 heavy (non-hydrogen) atoms. The van der Waals surface area contributed by atoms with Crippen LogP contribution >= 0.6 is 0 Å². The number of phenolic OH excluding ortho intramolecular Hbond substituents is 1. The van der Waals surface area contributed by atoms with Gasteiger partial charge in [-0.2, -0.15) is 0 Å². The standard InChI is InChI=1S/C21H17NO5/c23-16-11-12-18(20(24)25)19(13-16)22(14-15-7-3-1-4-8-15)21(26)27-17-9-5-2-6-10-17/h1-13,23H,14H2,(H,24,25). The maximum Gasteiger partial charge on any atom is 0.420 e. The fraction of sp³-hybridized carbons (Fsp3) is 0.0476. The number of rotatable bonds is 5. The SMILES string of the molecule is O=C(O)c1ccc(O)cc1N(Cc1ccccc1)C(=O)Oc1ccccc1. The van der Waals surface area contributed by atoms with Crippen LogP contribution in [0.2, 0.25) is 0 Å². The Morgan fingerprint density at radius 3 is 2.15 bits per heavy atom. The van der Waals surface area contributed by atoms with E-state index in [-0.39, 0.29) is 23.5 Å². The Morgan fingerprint density at radius 2 is 1.52 bits per heavy atom. The number of phenols is 1. The van der Waals surface area contributed by atoms with Crippen LogP contribution in [0.1, 0.15) is 15.9 Å². The molecule has 0 saturated carbocycles. The molecular weight excluding hydrogens is 346 g/mol. The van der Waals surface area contributed by atoms with Crippen LogP contribution in [0, 0.1) is 0 Å². The Kier molecular flexibility index (Phi) is 5.37. The van der Waals surface area contributed by atoms with Gasteiger partial charge in [-0.25, -0.2) is 9.59 Å². The van der Waals surface area contributed by atoms with Crippen molar-refractivity contribution in [2.75, 3.05) is 4.90 Å². The predicted octanol–water partition coefficient (Wildman–Crippen LogP) is 4.30. The Labute approximate surface area is 155 Å². The molecule has 0 fully saturated rings. The van der Waals surface area contributed by atoms with Crippen molar-refractivity contribution in [3.05, 3.63) is 90.0 Å². The van der Waals surface area contributed by atoms with Crippen molar-refractivity contribution in [1.29, 1.82) is 0 Å². The molecule has 0 aliphatic heterocycles. The first kappa shape index (κ1) is 18.0. The molecular formula is C21H17NO5. The highest BCUT2D eigenvalue weighted by molar-refractivity contribution is 6.00. The summed E-state index contributed by atoms with van der Waals surface area (Å²) in [5, 5.41) is 19.3. The molecule has 0 aliphatic carbocycles. The largest absolute Gasteiger partial charge is 0.508 e. The molecule has 6 nitrogen and oxygen atoms in total. The van der Waals surface area contributed by atoms with Crippen LogP contribution in [0.5, 0.6) is 11.5 Å². The lowest BCUT2D eigenvalue weighted by molar-refractivity contribution is 0.0697. The summed E-state index contributed by atoms with van der Waals surface area (Å²) in [7, 11) is 0. The topological polar surface area (TPSA) is 87.1 Å². The number of carbonyl (C=O) groups is 2. The minimum Gasteiger partial charge on any atom is -0.508 e. The number of anilines is 1. The molecule has 0 radical (unpaired) electrons. The molecule has 0 atom stereocenters.